The summed E-state index contributed by atoms with van der Waals surface area (Å²) in [4.78, 5) is 33.8. The Hall–Kier alpha value is -3.00. The first-order valence-electron chi connectivity index (χ1n) is 11.9. The third-order valence-electron chi connectivity index (χ3n) is 7.05. The number of piperazine rings is 1. The number of aromatic nitrogens is 1. The van der Waals surface area contributed by atoms with Gasteiger partial charge in [0.1, 0.15) is 11.6 Å². The molecule has 1 aromatic heterocycles. The quantitative estimate of drug-likeness (QED) is 0.645. The molecule has 2 aliphatic rings. The van der Waals surface area contributed by atoms with Gasteiger partial charge in [-0.3, -0.25) is 19.5 Å². The van der Waals surface area contributed by atoms with Crippen molar-refractivity contribution < 1.29 is 18.7 Å². The second-order valence-electron chi connectivity index (χ2n) is 9.39. The minimum absolute atomic E-state index is 0.0471. The van der Waals surface area contributed by atoms with Crippen LogP contribution in [0.15, 0.2) is 36.5 Å². The Morgan fingerprint density at radius 3 is 2.71 bits per heavy atom. The number of hydrogen-bond acceptors (Lipinski definition) is 5. The Morgan fingerprint density at radius 1 is 1.24 bits per heavy atom. The van der Waals surface area contributed by atoms with Gasteiger partial charge in [0.05, 0.1) is 12.8 Å². The maximum absolute atomic E-state index is 14.5. The van der Waals surface area contributed by atoms with Crippen LogP contribution in [0, 0.1) is 12.7 Å². The predicted octanol–water partition coefficient (Wildman–Crippen LogP) is 2.85. The molecule has 0 aliphatic carbocycles. The van der Waals surface area contributed by atoms with E-state index >= 15 is 0 Å². The number of carbonyl (C=O) groups excluding carboxylic acids is 2. The van der Waals surface area contributed by atoms with Gasteiger partial charge in [0.2, 0.25) is 11.8 Å². The number of amides is 2. The Bertz CT molecular complexity index is 1040. The molecule has 1 aromatic carbocycles. The number of rotatable bonds is 8. The number of aryl methyl sites for hydroxylation is 1. The summed E-state index contributed by atoms with van der Waals surface area (Å²) in [5.41, 5.74) is 2.13. The molecule has 1 N–H and O–H groups in total. The maximum Gasteiger partial charge on any atom is 0.222 e. The molecule has 34 heavy (non-hydrogen) atoms. The molecule has 2 amide bonds. The molecule has 4 rings (SSSR count). The summed E-state index contributed by atoms with van der Waals surface area (Å²) in [5, 5.41) is 3.05. The molecule has 0 saturated carbocycles. The van der Waals surface area contributed by atoms with E-state index in [0.717, 1.165) is 25.3 Å². The lowest BCUT2D eigenvalue weighted by molar-refractivity contribution is -0.133. The smallest absolute Gasteiger partial charge is 0.222 e. The molecule has 7 nitrogen and oxygen atoms in total. The van der Waals surface area contributed by atoms with E-state index in [0.29, 0.717) is 56.5 Å². The largest absolute Gasteiger partial charge is 0.497 e. The lowest BCUT2D eigenvalue weighted by Gasteiger charge is -2.36. The highest BCUT2D eigenvalue weighted by atomic mass is 19.1. The van der Waals surface area contributed by atoms with Crippen LogP contribution < -0.4 is 10.1 Å². The first kappa shape index (κ1) is 24.1. The van der Waals surface area contributed by atoms with E-state index in [2.05, 4.69) is 28.2 Å². The van der Waals surface area contributed by atoms with E-state index in [-0.39, 0.29) is 17.6 Å². The predicted molar refractivity (Wildman–Crippen MR) is 127 cm³/mol. The van der Waals surface area contributed by atoms with E-state index in [1.165, 1.54) is 11.6 Å². The molecule has 2 saturated heterocycles. The van der Waals surface area contributed by atoms with Crippen LogP contribution in [0.5, 0.6) is 5.75 Å². The van der Waals surface area contributed by atoms with Crippen molar-refractivity contribution in [2.45, 2.75) is 51.1 Å². The Labute approximate surface area is 200 Å². The van der Waals surface area contributed by atoms with E-state index in [1.807, 2.05) is 17.2 Å². The summed E-state index contributed by atoms with van der Waals surface area (Å²) in [5.74, 6) is 0.284. The monoisotopic (exact) mass is 468 g/mol. The fourth-order valence-electron chi connectivity index (χ4n) is 4.92. The topological polar surface area (TPSA) is 74.8 Å². The zero-order valence-corrected chi connectivity index (χ0v) is 20.0. The average Bonchev–Trinajstić information content (AvgIpc) is 3.21. The SMILES string of the molecule is COc1ccc(F)c(C[C@@]2(CCC(=O)N3CCN(Cc4ncccc4C)CC3)CCC(=O)N2)c1. The van der Waals surface area contributed by atoms with Crippen LogP contribution in [0.1, 0.15) is 42.5 Å². The van der Waals surface area contributed by atoms with Crippen LogP contribution in [0.3, 0.4) is 0 Å². The molecule has 8 heteroatoms. The highest BCUT2D eigenvalue weighted by Crippen LogP contribution is 2.32. The van der Waals surface area contributed by atoms with Crippen molar-refractivity contribution in [2.24, 2.45) is 0 Å². The van der Waals surface area contributed by atoms with Gasteiger partial charge in [0.25, 0.3) is 0 Å². The summed E-state index contributed by atoms with van der Waals surface area (Å²) < 4.78 is 19.7. The van der Waals surface area contributed by atoms with E-state index in [9.17, 15) is 14.0 Å². The second-order valence-corrected chi connectivity index (χ2v) is 9.39. The molecule has 2 aliphatic heterocycles. The van der Waals surface area contributed by atoms with Gasteiger partial charge >= 0.3 is 0 Å². The normalized spacial score (nSPS) is 20.9. The number of hydrogen-bond donors (Lipinski definition) is 1. The molecule has 2 aromatic rings. The number of pyridine rings is 1. The van der Waals surface area contributed by atoms with Crippen LogP contribution in [0.4, 0.5) is 4.39 Å². The van der Waals surface area contributed by atoms with Gasteiger partial charge in [-0.25, -0.2) is 4.39 Å². The van der Waals surface area contributed by atoms with E-state index in [1.54, 1.807) is 19.2 Å². The molecule has 182 valence electrons. The third kappa shape index (κ3) is 5.73. The summed E-state index contributed by atoms with van der Waals surface area (Å²) in [6, 6.07) is 8.65. The number of ether oxygens (including phenoxy) is 1. The number of benzene rings is 1. The fraction of sp³-hybridized carbons (Fsp3) is 0.500. The highest BCUT2D eigenvalue weighted by Gasteiger charge is 2.39. The fourth-order valence-corrected chi connectivity index (χ4v) is 4.92. The molecular formula is C26H33FN4O3. The number of nitrogens with one attached hydrogen (secondary N) is 1. The van der Waals surface area contributed by atoms with Crippen molar-refractivity contribution in [3.63, 3.8) is 0 Å². The summed E-state index contributed by atoms with van der Waals surface area (Å²) >= 11 is 0. The van der Waals surface area contributed by atoms with Crippen LogP contribution in [0.25, 0.3) is 0 Å². The number of methoxy groups -OCH3 is 1. The third-order valence-corrected chi connectivity index (χ3v) is 7.05. The van der Waals surface area contributed by atoms with Crippen molar-refractivity contribution in [2.75, 3.05) is 33.3 Å². The average molecular weight is 469 g/mol. The molecule has 0 spiro atoms. The number of halogens is 1. The number of nitrogens with zero attached hydrogens (tertiary/aromatic N) is 3. The summed E-state index contributed by atoms with van der Waals surface area (Å²) in [6.07, 6.45) is 3.95. The van der Waals surface area contributed by atoms with Gasteiger partial charge in [-0.1, -0.05) is 6.07 Å². The van der Waals surface area contributed by atoms with E-state index in [4.69, 9.17) is 4.74 Å². The Kier molecular flexibility index (Phi) is 7.46. The van der Waals surface area contributed by atoms with Crippen molar-refractivity contribution in [3.05, 3.63) is 59.2 Å². The van der Waals surface area contributed by atoms with Crippen molar-refractivity contribution in [3.8, 4) is 5.75 Å². The standard InChI is InChI=1S/C26H33FN4O3/c1-19-4-3-11-28-23(19)18-30-12-14-31(15-13-30)25(33)8-10-26(9-7-24(32)29-26)17-20-16-21(34-2)5-6-22(20)27/h3-6,11,16H,7-10,12-15,17-18H2,1-2H3,(H,29,32)/t26-/m0/s1. The van der Waals surface area contributed by atoms with Gasteiger partial charge in [-0.15, -0.1) is 0 Å². The molecular weight excluding hydrogens is 435 g/mol. The van der Waals surface area contributed by atoms with Gasteiger partial charge in [-0.2, -0.15) is 0 Å². The Morgan fingerprint density at radius 2 is 2.03 bits per heavy atom. The van der Waals surface area contributed by atoms with Crippen molar-refractivity contribution >= 4 is 11.8 Å². The zero-order valence-electron chi connectivity index (χ0n) is 20.0. The second kappa shape index (κ2) is 10.5. The molecule has 0 bridgehead atoms. The van der Waals surface area contributed by atoms with Gasteiger partial charge in [0.15, 0.2) is 0 Å². The van der Waals surface area contributed by atoms with Crippen molar-refractivity contribution in [1.29, 1.82) is 0 Å². The van der Waals surface area contributed by atoms with Gasteiger partial charge in [-0.05, 0) is 61.6 Å². The minimum Gasteiger partial charge on any atom is -0.497 e. The number of carbonyl (C=O) groups is 2. The van der Waals surface area contributed by atoms with Crippen LogP contribution in [0.2, 0.25) is 0 Å². The van der Waals surface area contributed by atoms with Gasteiger partial charge < -0.3 is 15.0 Å². The molecule has 0 radical (unpaired) electrons. The molecule has 1 atom stereocenters. The summed E-state index contributed by atoms with van der Waals surface area (Å²) in [6.45, 7) is 5.81. The first-order chi connectivity index (χ1) is 16.4. The molecule has 3 heterocycles. The van der Waals surface area contributed by atoms with E-state index < -0.39 is 5.54 Å². The minimum atomic E-state index is -0.613. The lowest BCUT2D eigenvalue weighted by Crippen LogP contribution is -2.49. The summed E-state index contributed by atoms with van der Waals surface area (Å²) in [7, 11) is 1.54. The Balaban J connectivity index is 1.33. The molecule has 0 unspecified atom stereocenters. The van der Waals surface area contributed by atoms with Crippen LogP contribution >= 0.6 is 0 Å². The van der Waals surface area contributed by atoms with Crippen LogP contribution in [-0.4, -0.2) is 65.4 Å². The lowest BCUT2D eigenvalue weighted by atomic mass is 9.84. The molecule has 2 fully saturated rings. The van der Waals surface area contributed by atoms with Gasteiger partial charge in [0, 0.05) is 57.3 Å². The highest BCUT2D eigenvalue weighted by molar-refractivity contribution is 5.80. The zero-order chi connectivity index (χ0) is 24.1. The van der Waals surface area contributed by atoms with Crippen LogP contribution in [-0.2, 0) is 22.6 Å². The first-order valence-corrected chi connectivity index (χ1v) is 11.9. The van der Waals surface area contributed by atoms with Crippen molar-refractivity contribution in [1.82, 2.24) is 20.1 Å². The maximum atomic E-state index is 14.5.